The number of carbonyl (C=O) groups is 2. The summed E-state index contributed by atoms with van der Waals surface area (Å²) >= 11 is 1.66. The number of nitrogens with two attached hydrogens (primary N) is 1. The fraction of sp³-hybridized carbons (Fsp3) is 0.429. The second-order valence-corrected chi connectivity index (χ2v) is 8.55. The second-order valence-electron chi connectivity index (χ2n) is 7.46. The Morgan fingerprint density at radius 2 is 1.90 bits per heavy atom. The third-order valence-electron chi connectivity index (χ3n) is 5.50. The average molecular weight is 429 g/mol. The number of nitrogen functional groups attached to an aromatic ring is 1. The summed E-state index contributed by atoms with van der Waals surface area (Å²) in [5, 5.41) is 0.950. The van der Waals surface area contributed by atoms with E-state index in [0.717, 1.165) is 29.5 Å². The highest BCUT2D eigenvalue weighted by atomic mass is 32.1. The van der Waals surface area contributed by atoms with Gasteiger partial charge in [0.1, 0.15) is 16.3 Å². The fourth-order valence-corrected chi connectivity index (χ4v) is 5.33. The number of H-pyrrole nitrogens is 1. The Labute approximate surface area is 177 Å². The maximum absolute atomic E-state index is 12.6. The number of hydrogen-bond acceptors (Lipinski definition) is 8. The summed E-state index contributed by atoms with van der Waals surface area (Å²) in [7, 11) is 1.30. The molecule has 0 spiro atoms. The van der Waals surface area contributed by atoms with Gasteiger partial charge in [0, 0.05) is 10.6 Å². The minimum atomic E-state index is -0.588. The first-order chi connectivity index (χ1) is 14.4. The number of hydrogen-bond donors (Lipinski definition) is 2. The van der Waals surface area contributed by atoms with Crippen molar-refractivity contribution in [3.63, 3.8) is 0 Å². The van der Waals surface area contributed by atoms with Crippen LogP contribution in [-0.4, -0.2) is 34.0 Å². The molecule has 0 aromatic carbocycles. The zero-order valence-electron chi connectivity index (χ0n) is 17.3. The number of nitrogens with zero attached hydrogens (tertiary/aromatic N) is 2. The van der Waals surface area contributed by atoms with E-state index in [2.05, 4.69) is 15.0 Å². The number of aromatic amines is 1. The summed E-state index contributed by atoms with van der Waals surface area (Å²) in [6.07, 6.45) is 5.62. The molecule has 158 valence electrons. The zero-order chi connectivity index (χ0) is 21.4. The van der Waals surface area contributed by atoms with Crippen LogP contribution in [0.25, 0.3) is 10.2 Å². The maximum atomic E-state index is 12.6. The molecule has 0 fully saturated rings. The molecule has 9 heteroatoms. The molecule has 3 aromatic rings. The van der Waals surface area contributed by atoms with Crippen LogP contribution in [-0.2, 0) is 28.9 Å². The minimum Gasteiger partial charge on any atom is -0.465 e. The number of esters is 2. The summed E-state index contributed by atoms with van der Waals surface area (Å²) in [6, 6.07) is 0. The lowest BCUT2D eigenvalue weighted by molar-refractivity contribution is 0.0455. The molecule has 3 N–H and O–H groups in total. The van der Waals surface area contributed by atoms with Crippen LogP contribution in [0.4, 0.5) is 5.82 Å². The minimum absolute atomic E-state index is 0.105. The van der Waals surface area contributed by atoms with Gasteiger partial charge in [-0.05, 0) is 50.7 Å². The van der Waals surface area contributed by atoms with Crippen molar-refractivity contribution < 1.29 is 19.1 Å². The third-order valence-corrected chi connectivity index (χ3v) is 6.69. The second kappa shape index (κ2) is 8.06. The molecule has 1 aliphatic rings. The van der Waals surface area contributed by atoms with Crippen molar-refractivity contribution in [1.29, 1.82) is 0 Å². The van der Waals surface area contributed by atoms with Gasteiger partial charge in [0.15, 0.2) is 12.4 Å². The van der Waals surface area contributed by atoms with Crippen molar-refractivity contribution in [3.8, 4) is 0 Å². The van der Waals surface area contributed by atoms with Gasteiger partial charge in [-0.3, -0.25) is 0 Å². The van der Waals surface area contributed by atoms with Gasteiger partial charge in [-0.1, -0.05) is 6.42 Å². The number of aromatic nitrogens is 3. The Hall–Kier alpha value is -2.94. The Kier molecular flexibility index (Phi) is 5.46. The van der Waals surface area contributed by atoms with Crippen LogP contribution in [0.15, 0.2) is 0 Å². The van der Waals surface area contributed by atoms with Gasteiger partial charge in [-0.25, -0.2) is 19.6 Å². The van der Waals surface area contributed by atoms with Crippen molar-refractivity contribution in [1.82, 2.24) is 15.0 Å². The molecule has 0 unspecified atom stereocenters. The Balaban J connectivity index is 1.56. The highest BCUT2D eigenvalue weighted by molar-refractivity contribution is 7.19. The zero-order valence-corrected chi connectivity index (χ0v) is 18.1. The number of methoxy groups -OCH3 is 1. The number of fused-ring (bicyclic) bond motifs is 3. The molecule has 0 radical (unpaired) electrons. The van der Waals surface area contributed by atoms with E-state index in [9.17, 15) is 9.59 Å². The van der Waals surface area contributed by atoms with Crippen LogP contribution >= 0.6 is 11.3 Å². The molecule has 0 aliphatic heterocycles. The van der Waals surface area contributed by atoms with Gasteiger partial charge in [0.05, 0.1) is 18.1 Å². The summed E-state index contributed by atoms with van der Waals surface area (Å²) in [4.78, 5) is 38.5. The predicted molar refractivity (Wildman–Crippen MR) is 114 cm³/mol. The molecule has 8 nitrogen and oxygen atoms in total. The van der Waals surface area contributed by atoms with E-state index < -0.39 is 11.9 Å². The van der Waals surface area contributed by atoms with Crippen molar-refractivity contribution in [3.05, 3.63) is 38.8 Å². The molecule has 0 atom stereocenters. The normalized spacial score (nSPS) is 13.7. The molecule has 0 amide bonds. The monoisotopic (exact) mass is 428 g/mol. The SMILES string of the molecule is COC(=O)c1c(C)[nH]c(C(=O)OCc2nc(N)c3c4c(sc3n2)CCCCC4)c1C. The van der Waals surface area contributed by atoms with Gasteiger partial charge >= 0.3 is 11.9 Å². The highest BCUT2D eigenvalue weighted by Crippen LogP contribution is 2.37. The molecular weight excluding hydrogens is 404 g/mol. The lowest BCUT2D eigenvalue weighted by atomic mass is 10.1. The van der Waals surface area contributed by atoms with Crippen molar-refractivity contribution in [2.24, 2.45) is 0 Å². The fourth-order valence-electron chi connectivity index (χ4n) is 4.04. The summed E-state index contributed by atoms with van der Waals surface area (Å²) in [5.74, 6) is -0.293. The quantitative estimate of drug-likeness (QED) is 0.481. The lowest BCUT2D eigenvalue weighted by Gasteiger charge is -2.06. The molecule has 1 aliphatic carbocycles. The molecule has 0 saturated heterocycles. The Bertz CT molecular complexity index is 1150. The number of carbonyl (C=O) groups excluding carboxylic acids is 2. The van der Waals surface area contributed by atoms with E-state index in [1.54, 1.807) is 25.2 Å². The molecule has 30 heavy (non-hydrogen) atoms. The van der Waals surface area contributed by atoms with E-state index in [-0.39, 0.29) is 12.3 Å². The average Bonchev–Trinajstić information content (AvgIpc) is 3.12. The van der Waals surface area contributed by atoms with Crippen LogP contribution in [0.2, 0.25) is 0 Å². The standard InChI is InChI=1S/C21H24N4O4S/c1-10-15(20(26)28-3)11(2)23-17(10)21(27)29-9-14-24-18(22)16-12-7-5-4-6-8-13(12)30-19(16)25-14/h23H,4-9H2,1-3H3,(H2,22,24,25). The molecule has 3 aromatic heterocycles. The molecule has 3 heterocycles. The van der Waals surface area contributed by atoms with Crippen LogP contribution in [0.5, 0.6) is 0 Å². The van der Waals surface area contributed by atoms with Crippen LogP contribution in [0, 0.1) is 13.8 Å². The maximum Gasteiger partial charge on any atom is 0.355 e. The summed E-state index contributed by atoms with van der Waals surface area (Å²) in [6.45, 7) is 3.27. The van der Waals surface area contributed by atoms with Gasteiger partial charge in [0.2, 0.25) is 0 Å². The predicted octanol–water partition coefficient (Wildman–Crippen LogP) is 3.63. The smallest absolute Gasteiger partial charge is 0.355 e. The number of ether oxygens (including phenoxy) is 2. The van der Waals surface area contributed by atoms with E-state index in [4.69, 9.17) is 15.2 Å². The number of thiophene rings is 1. The number of aryl methyl sites for hydroxylation is 3. The Morgan fingerprint density at radius 3 is 2.67 bits per heavy atom. The first-order valence-electron chi connectivity index (χ1n) is 9.92. The van der Waals surface area contributed by atoms with E-state index in [1.165, 1.54) is 30.4 Å². The first-order valence-corrected chi connectivity index (χ1v) is 10.7. The van der Waals surface area contributed by atoms with Crippen molar-refractivity contribution >= 4 is 39.3 Å². The topological polar surface area (TPSA) is 120 Å². The number of nitrogens with one attached hydrogen (secondary N) is 1. The highest BCUT2D eigenvalue weighted by Gasteiger charge is 2.24. The van der Waals surface area contributed by atoms with E-state index in [0.29, 0.717) is 28.5 Å². The third kappa shape index (κ3) is 3.54. The van der Waals surface area contributed by atoms with Gasteiger partial charge < -0.3 is 20.2 Å². The summed E-state index contributed by atoms with van der Waals surface area (Å²) < 4.78 is 10.2. The Morgan fingerprint density at radius 1 is 1.13 bits per heavy atom. The molecule has 0 bridgehead atoms. The largest absolute Gasteiger partial charge is 0.465 e. The molecule has 0 saturated carbocycles. The molecular formula is C21H24N4O4S. The van der Waals surface area contributed by atoms with Crippen LogP contribution < -0.4 is 5.73 Å². The van der Waals surface area contributed by atoms with Gasteiger partial charge in [-0.2, -0.15) is 0 Å². The van der Waals surface area contributed by atoms with Crippen molar-refractivity contribution in [2.45, 2.75) is 52.6 Å². The molecule has 4 rings (SSSR count). The lowest BCUT2D eigenvalue weighted by Crippen LogP contribution is -2.10. The number of anilines is 1. The van der Waals surface area contributed by atoms with E-state index >= 15 is 0 Å². The van der Waals surface area contributed by atoms with Gasteiger partial charge in [0.25, 0.3) is 0 Å². The van der Waals surface area contributed by atoms with E-state index in [1.807, 2.05) is 0 Å². The van der Waals surface area contributed by atoms with Crippen LogP contribution in [0.1, 0.15) is 67.6 Å². The van der Waals surface area contributed by atoms with Gasteiger partial charge in [-0.15, -0.1) is 11.3 Å². The first kappa shape index (κ1) is 20.3. The van der Waals surface area contributed by atoms with Crippen molar-refractivity contribution in [2.75, 3.05) is 12.8 Å². The number of rotatable bonds is 4. The van der Waals surface area contributed by atoms with Crippen LogP contribution in [0.3, 0.4) is 0 Å². The summed E-state index contributed by atoms with van der Waals surface area (Å²) in [5.41, 5.74) is 9.12.